The number of nitrogens with zero attached hydrogens (tertiary/aromatic N) is 1. The molecule has 2 N–H and O–H groups in total. The first-order valence-electron chi connectivity index (χ1n) is 4.33. The van der Waals surface area contributed by atoms with E-state index in [1.54, 1.807) is 0 Å². The molecule has 0 aromatic rings. The Bertz CT molecular complexity index is 174. The van der Waals surface area contributed by atoms with Gasteiger partial charge < -0.3 is 10.6 Å². The van der Waals surface area contributed by atoms with Crippen molar-refractivity contribution in [1.82, 2.24) is 4.90 Å². The van der Waals surface area contributed by atoms with Crippen LogP contribution in [0.1, 0.15) is 19.8 Å². The standard InChI is InChI=1S/C8H15FN2O/c1-2-7(10)8(12)11-4-3-6(9)5-11/h6-7H,2-5,10H2,1H3. The average Bonchev–Trinajstić information content (AvgIpc) is 2.49. The Kier molecular flexibility index (Phi) is 3.03. The van der Waals surface area contributed by atoms with Crippen molar-refractivity contribution in [3.8, 4) is 0 Å². The molecule has 1 aliphatic rings. The lowest BCUT2D eigenvalue weighted by molar-refractivity contribution is -0.131. The summed E-state index contributed by atoms with van der Waals surface area (Å²) in [6.45, 7) is 2.60. The summed E-state index contributed by atoms with van der Waals surface area (Å²) in [4.78, 5) is 12.9. The fourth-order valence-corrected chi connectivity index (χ4v) is 1.33. The smallest absolute Gasteiger partial charge is 0.239 e. The van der Waals surface area contributed by atoms with Gasteiger partial charge in [-0.3, -0.25) is 4.79 Å². The number of carbonyl (C=O) groups is 1. The number of amides is 1. The molecule has 12 heavy (non-hydrogen) atoms. The van der Waals surface area contributed by atoms with Crippen LogP contribution in [0.15, 0.2) is 0 Å². The quantitative estimate of drug-likeness (QED) is 0.654. The molecule has 3 nitrogen and oxygen atoms in total. The third-order valence-electron chi connectivity index (χ3n) is 2.20. The molecule has 0 aromatic heterocycles. The largest absolute Gasteiger partial charge is 0.338 e. The van der Waals surface area contributed by atoms with Crippen molar-refractivity contribution in [3.05, 3.63) is 0 Å². The summed E-state index contributed by atoms with van der Waals surface area (Å²) in [6, 6.07) is -0.449. The monoisotopic (exact) mass is 174 g/mol. The predicted molar refractivity (Wildman–Crippen MR) is 44.4 cm³/mol. The van der Waals surface area contributed by atoms with E-state index in [2.05, 4.69) is 0 Å². The topological polar surface area (TPSA) is 46.3 Å². The maximum absolute atomic E-state index is 12.7. The van der Waals surface area contributed by atoms with Gasteiger partial charge in [0, 0.05) is 6.54 Å². The fraction of sp³-hybridized carbons (Fsp3) is 0.875. The van der Waals surface area contributed by atoms with Gasteiger partial charge in [0.2, 0.25) is 5.91 Å². The highest BCUT2D eigenvalue weighted by Gasteiger charge is 2.28. The highest BCUT2D eigenvalue weighted by Crippen LogP contribution is 2.13. The predicted octanol–water partition coefficient (Wildman–Crippen LogP) is 0.294. The summed E-state index contributed by atoms with van der Waals surface area (Å²) in [5, 5.41) is 0. The van der Waals surface area contributed by atoms with E-state index < -0.39 is 12.2 Å². The fourth-order valence-electron chi connectivity index (χ4n) is 1.33. The molecule has 4 heteroatoms. The van der Waals surface area contributed by atoms with Gasteiger partial charge in [-0.05, 0) is 12.8 Å². The second kappa shape index (κ2) is 3.85. The second-order valence-electron chi connectivity index (χ2n) is 3.18. The molecule has 0 spiro atoms. The number of halogens is 1. The molecule has 0 bridgehead atoms. The maximum Gasteiger partial charge on any atom is 0.239 e. The maximum atomic E-state index is 12.7. The van der Waals surface area contributed by atoms with Crippen LogP contribution in [0, 0.1) is 0 Å². The summed E-state index contributed by atoms with van der Waals surface area (Å²) in [5.74, 6) is -0.113. The molecule has 2 atom stereocenters. The Morgan fingerprint density at radius 2 is 2.50 bits per heavy atom. The molecule has 1 heterocycles. The van der Waals surface area contributed by atoms with Crippen molar-refractivity contribution in [1.29, 1.82) is 0 Å². The molecular formula is C8H15FN2O. The van der Waals surface area contributed by atoms with E-state index in [9.17, 15) is 9.18 Å². The second-order valence-corrected chi connectivity index (χ2v) is 3.18. The minimum Gasteiger partial charge on any atom is -0.338 e. The molecule has 70 valence electrons. The molecule has 1 fully saturated rings. The number of rotatable bonds is 2. The molecule has 0 radical (unpaired) electrons. The van der Waals surface area contributed by atoms with E-state index in [4.69, 9.17) is 5.73 Å². The zero-order chi connectivity index (χ0) is 9.14. The summed E-state index contributed by atoms with van der Waals surface area (Å²) in [5.41, 5.74) is 5.53. The van der Waals surface area contributed by atoms with E-state index in [0.717, 1.165) is 0 Å². The van der Waals surface area contributed by atoms with Crippen LogP contribution in [0.3, 0.4) is 0 Å². The number of nitrogens with two attached hydrogens (primary N) is 1. The molecule has 1 rings (SSSR count). The number of likely N-dealkylation sites (tertiary alicyclic amines) is 1. The van der Waals surface area contributed by atoms with E-state index in [0.29, 0.717) is 19.4 Å². The van der Waals surface area contributed by atoms with Crippen molar-refractivity contribution in [2.75, 3.05) is 13.1 Å². The average molecular weight is 174 g/mol. The van der Waals surface area contributed by atoms with Crippen LogP contribution in [0.2, 0.25) is 0 Å². The molecule has 0 aromatic carbocycles. The Morgan fingerprint density at radius 1 is 1.83 bits per heavy atom. The van der Waals surface area contributed by atoms with Crippen molar-refractivity contribution in [2.45, 2.75) is 32.0 Å². The molecule has 0 aliphatic carbocycles. The number of hydrogen-bond acceptors (Lipinski definition) is 2. The summed E-state index contributed by atoms with van der Waals surface area (Å²) in [7, 11) is 0. The van der Waals surface area contributed by atoms with Crippen molar-refractivity contribution in [3.63, 3.8) is 0 Å². The Hall–Kier alpha value is -0.640. The summed E-state index contributed by atoms with van der Waals surface area (Å²) in [6.07, 6.45) is 0.229. The molecule has 2 unspecified atom stereocenters. The normalized spacial score (nSPS) is 25.9. The number of carbonyl (C=O) groups excluding carboxylic acids is 1. The van der Waals surface area contributed by atoms with Gasteiger partial charge in [0.05, 0.1) is 12.6 Å². The molecule has 1 amide bonds. The van der Waals surface area contributed by atoms with E-state index in [1.165, 1.54) is 4.90 Å². The van der Waals surface area contributed by atoms with Gasteiger partial charge in [0.15, 0.2) is 0 Å². The molecular weight excluding hydrogens is 159 g/mol. The van der Waals surface area contributed by atoms with Gasteiger partial charge in [-0.25, -0.2) is 4.39 Å². The zero-order valence-electron chi connectivity index (χ0n) is 7.29. The van der Waals surface area contributed by atoms with Gasteiger partial charge in [-0.1, -0.05) is 6.92 Å². The highest BCUT2D eigenvalue weighted by atomic mass is 19.1. The summed E-state index contributed by atoms with van der Waals surface area (Å²) < 4.78 is 12.7. The highest BCUT2D eigenvalue weighted by molar-refractivity contribution is 5.81. The van der Waals surface area contributed by atoms with Crippen LogP contribution < -0.4 is 5.73 Å². The van der Waals surface area contributed by atoms with Gasteiger partial charge in [0.1, 0.15) is 6.17 Å². The van der Waals surface area contributed by atoms with Crippen LogP contribution in [0.25, 0.3) is 0 Å². The van der Waals surface area contributed by atoms with E-state index >= 15 is 0 Å². The van der Waals surface area contributed by atoms with Gasteiger partial charge in [0.25, 0.3) is 0 Å². The number of alkyl halides is 1. The zero-order valence-corrected chi connectivity index (χ0v) is 7.29. The molecule has 0 saturated carbocycles. The lowest BCUT2D eigenvalue weighted by Gasteiger charge is -2.18. The van der Waals surface area contributed by atoms with Crippen LogP contribution in [-0.2, 0) is 4.79 Å². The van der Waals surface area contributed by atoms with Crippen LogP contribution in [0.4, 0.5) is 4.39 Å². The van der Waals surface area contributed by atoms with E-state index in [-0.39, 0.29) is 12.5 Å². The lowest BCUT2D eigenvalue weighted by Crippen LogP contribution is -2.42. The SMILES string of the molecule is CCC(N)C(=O)N1CCC(F)C1. The van der Waals surface area contributed by atoms with Crippen molar-refractivity contribution in [2.24, 2.45) is 5.73 Å². The molecule has 1 saturated heterocycles. The first-order chi connectivity index (χ1) is 5.65. The van der Waals surface area contributed by atoms with Crippen molar-refractivity contribution < 1.29 is 9.18 Å². The summed E-state index contributed by atoms with van der Waals surface area (Å²) >= 11 is 0. The third kappa shape index (κ3) is 1.94. The Morgan fingerprint density at radius 3 is 2.92 bits per heavy atom. The van der Waals surface area contributed by atoms with Crippen molar-refractivity contribution >= 4 is 5.91 Å². The first kappa shape index (κ1) is 9.45. The lowest BCUT2D eigenvalue weighted by atomic mass is 10.2. The van der Waals surface area contributed by atoms with Crippen LogP contribution in [-0.4, -0.2) is 36.1 Å². The van der Waals surface area contributed by atoms with Gasteiger partial charge in [-0.15, -0.1) is 0 Å². The minimum atomic E-state index is -0.849. The Balaban J connectivity index is 2.43. The first-order valence-corrected chi connectivity index (χ1v) is 4.33. The van der Waals surface area contributed by atoms with Gasteiger partial charge >= 0.3 is 0 Å². The van der Waals surface area contributed by atoms with E-state index in [1.807, 2.05) is 6.92 Å². The van der Waals surface area contributed by atoms with Crippen LogP contribution >= 0.6 is 0 Å². The minimum absolute atomic E-state index is 0.113. The molecule has 1 aliphatic heterocycles. The van der Waals surface area contributed by atoms with Crippen LogP contribution in [0.5, 0.6) is 0 Å². The third-order valence-corrected chi connectivity index (χ3v) is 2.20. The Labute approximate surface area is 71.7 Å². The number of hydrogen-bond donors (Lipinski definition) is 1. The van der Waals surface area contributed by atoms with Gasteiger partial charge in [-0.2, -0.15) is 0 Å².